The Labute approximate surface area is 94.3 Å². The number of hydrogen-bond donors (Lipinski definition) is 0. The molecule has 1 saturated heterocycles. The van der Waals surface area contributed by atoms with Gasteiger partial charge in [0.1, 0.15) is 0 Å². The SMILES string of the molecule is [CH2]C(=O)C1CCCN1C(=O)c1cccnc1. The highest BCUT2D eigenvalue weighted by molar-refractivity contribution is 5.99. The molecule has 4 nitrogen and oxygen atoms in total. The summed E-state index contributed by atoms with van der Waals surface area (Å²) in [4.78, 5) is 28.8. The minimum Gasteiger partial charge on any atom is -0.329 e. The summed E-state index contributed by atoms with van der Waals surface area (Å²) >= 11 is 0. The predicted octanol–water partition coefficient (Wildman–Crippen LogP) is 1.09. The first-order chi connectivity index (χ1) is 7.70. The van der Waals surface area contributed by atoms with Gasteiger partial charge in [0.25, 0.3) is 5.91 Å². The summed E-state index contributed by atoms with van der Waals surface area (Å²) in [5.74, 6) is -0.317. The minimum atomic E-state index is -0.354. The molecule has 4 heteroatoms. The van der Waals surface area contributed by atoms with Crippen LogP contribution in [0.2, 0.25) is 0 Å². The Bertz CT molecular complexity index is 403. The van der Waals surface area contributed by atoms with Gasteiger partial charge >= 0.3 is 0 Å². The zero-order chi connectivity index (χ0) is 11.5. The largest absolute Gasteiger partial charge is 0.329 e. The number of pyridine rings is 1. The van der Waals surface area contributed by atoms with Crippen molar-refractivity contribution < 1.29 is 9.59 Å². The molecule has 83 valence electrons. The van der Waals surface area contributed by atoms with E-state index in [1.807, 2.05) is 0 Å². The summed E-state index contributed by atoms with van der Waals surface area (Å²) in [6.45, 7) is 4.02. The molecule has 2 rings (SSSR count). The van der Waals surface area contributed by atoms with Crippen LogP contribution in [0, 0.1) is 6.92 Å². The molecule has 1 unspecified atom stereocenters. The number of amides is 1. The number of rotatable bonds is 2. The summed E-state index contributed by atoms with van der Waals surface area (Å²) in [7, 11) is 0. The molecule has 1 fully saturated rings. The van der Waals surface area contributed by atoms with E-state index in [0.29, 0.717) is 18.5 Å². The normalized spacial score (nSPS) is 19.8. The maximum atomic E-state index is 12.1. The van der Waals surface area contributed by atoms with E-state index in [1.165, 1.54) is 6.20 Å². The van der Waals surface area contributed by atoms with Crippen molar-refractivity contribution >= 4 is 11.7 Å². The fraction of sp³-hybridized carbons (Fsp3) is 0.333. The maximum Gasteiger partial charge on any atom is 0.256 e. The fourth-order valence-electron chi connectivity index (χ4n) is 2.00. The number of carbonyl (C=O) groups is 2. The molecule has 2 heterocycles. The van der Waals surface area contributed by atoms with Crippen LogP contribution < -0.4 is 0 Å². The number of hydrogen-bond acceptors (Lipinski definition) is 3. The van der Waals surface area contributed by atoms with Crippen LogP contribution in [0.25, 0.3) is 0 Å². The summed E-state index contributed by atoms with van der Waals surface area (Å²) in [5.41, 5.74) is 0.524. The van der Waals surface area contributed by atoms with E-state index in [0.717, 1.165) is 6.42 Å². The van der Waals surface area contributed by atoms with Gasteiger partial charge in [0.05, 0.1) is 11.6 Å². The highest BCUT2D eigenvalue weighted by Crippen LogP contribution is 2.20. The van der Waals surface area contributed by atoms with Gasteiger partial charge in [-0.25, -0.2) is 0 Å². The first kappa shape index (κ1) is 10.8. The molecule has 1 aliphatic rings. The molecule has 0 saturated carbocycles. The van der Waals surface area contributed by atoms with Gasteiger partial charge in [-0.1, -0.05) is 0 Å². The Morgan fingerprint density at radius 3 is 2.94 bits per heavy atom. The van der Waals surface area contributed by atoms with Gasteiger partial charge in [-0.15, -0.1) is 0 Å². The quantitative estimate of drug-likeness (QED) is 0.745. The second kappa shape index (κ2) is 4.43. The fourth-order valence-corrected chi connectivity index (χ4v) is 2.00. The average molecular weight is 217 g/mol. The first-order valence-electron chi connectivity index (χ1n) is 5.27. The van der Waals surface area contributed by atoms with Gasteiger partial charge in [0.2, 0.25) is 0 Å². The van der Waals surface area contributed by atoms with Crippen molar-refractivity contribution in [1.29, 1.82) is 0 Å². The molecule has 0 spiro atoms. The Hall–Kier alpha value is -1.71. The third kappa shape index (κ3) is 1.96. The van der Waals surface area contributed by atoms with Gasteiger partial charge in [-0.2, -0.15) is 0 Å². The van der Waals surface area contributed by atoms with Crippen LogP contribution in [0.1, 0.15) is 23.2 Å². The van der Waals surface area contributed by atoms with E-state index in [4.69, 9.17) is 0 Å². The third-order valence-electron chi connectivity index (χ3n) is 2.79. The average Bonchev–Trinajstić information content (AvgIpc) is 2.78. The maximum absolute atomic E-state index is 12.1. The van der Waals surface area contributed by atoms with Gasteiger partial charge in [0.15, 0.2) is 5.78 Å². The number of nitrogens with zero attached hydrogens (tertiary/aromatic N) is 2. The van der Waals surface area contributed by atoms with E-state index in [1.54, 1.807) is 23.2 Å². The van der Waals surface area contributed by atoms with Crippen molar-refractivity contribution in [3.05, 3.63) is 37.0 Å². The molecule has 0 aliphatic carbocycles. The first-order valence-corrected chi connectivity index (χ1v) is 5.27. The van der Waals surface area contributed by atoms with Crippen molar-refractivity contribution in [3.8, 4) is 0 Å². The van der Waals surface area contributed by atoms with E-state index in [9.17, 15) is 9.59 Å². The summed E-state index contributed by atoms with van der Waals surface area (Å²) in [6, 6.07) is 3.07. The summed E-state index contributed by atoms with van der Waals surface area (Å²) in [6.07, 6.45) is 4.71. The molecule has 0 aromatic carbocycles. The molecule has 1 atom stereocenters. The monoisotopic (exact) mass is 217 g/mol. The van der Waals surface area contributed by atoms with Crippen LogP contribution in [0.15, 0.2) is 24.5 Å². The number of Topliss-reactive ketones (excluding diaryl/α,β-unsaturated/α-hetero) is 1. The van der Waals surface area contributed by atoms with Crippen LogP contribution in [0.4, 0.5) is 0 Å². The van der Waals surface area contributed by atoms with Crippen LogP contribution in [0.3, 0.4) is 0 Å². The van der Waals surface area contributed by atoms with Crippen LogP contribution in [-0.2, 0) is 4.79 Å². The molecule has 1 aromatic heterocycles. The van der Waals surface area contributed by atoms with Gasteiger partial charge in [0, 0.05) is 25.9 Å². The molecule has 1 amide bonds. The van der Waals surface area contributed by atoms with Crippen LogP contribution >= 0.6 is 0 Å². The Kier molecular flexibility index (Phi) is 2.99. The van der Waals surface area contributed by atoms with Gasteiger partial charge in [-0.3, -0.25) is 14.6 Å². The summed E-state index contributed by atoms with van der Waals surface area (Å²) < 4.78 is 0. The van der Waals surface area contributed by atoms with Crippen LogP contribution in [-0.4, -0.2) is 34.2 Å². The molecule has 0 N–H and O–H groups in total. The molecule has 1 aliphatic heterocycles. The highest BCUT2D eigenvalue weighted by atomic mass is 16.2. The number of aromatic nitrogens is 1. The second-order valence-corrected chi connectivity index (χ2v) is 3.86. The molecule has 16 heavy (non-hydrogen) atoms. The van der Waals surface area contributed by atoms with Crippen molar-refractivity contribution in [2.24, 2.45) is 0 Å². The molecular formula is C12H13N2O2. The standard InChI is InChI=1S/C12H13N2O2/c1-9(15)11-5-3-7-14(11)12(16)10-4-2-6-13-8-10/h2,4,6,8,11H,1,3,5,7H2. The minimum absolute atomic E-state index is 0.132. The lowest BCUT2D eigenvalue weighted by molar-refractivity contribution is -0.118. The lowest BCUT2D eigenvalue weighted by Gasteiger charge is -2.22. The van der Waals surface area contributed by atoms with E-state index in [2.05, 4.69) is 11.9 Å². The number of likely N-dealkylation sites (tertiary alicyclic amines) is 1. The molecule has 1 radical (unpaired) electrons. The highest BCUT2D eigenvalue weighted by Gasteiger charge is 2.32. The zero-order valence-electron chi connectivity index (χ0n) is 8.93. The lowest BCUT2D eigenvalue weighted by Crippen LogP contribution is -2.39. The second-order valence-electron chi connectivity index (χ2n) is 3.86. The Balaban J connectivity index is 2.19. The molecular weight excluding hydrogens is 204 g/mol. The van der Waals surface area contributed by atoms with E-state index in [-0.39, 0.29) is 17.7 Å². The Morgan fingerprint density at radius 1 is 1.50 bits per heavy atom. The number of carbonyl (C=O) groups excluding carboxylic acids is 2. The molecule has 1 aromatic rings. The lowest BCUT2D eigenvalue weighted by atomic mass is 10.1. The van der Waals surface area contributed by atoms with Gasteiger partial charge < -0.3 is 4.90 Å². The Morgan fingerprint density at radius 2 is 2.31 bits per heavy atom. The van der Waals surface area contributed by atoms with Crippen LogP contribution in [0.5, 0.6) is 0 Å². The van der Waals surface area contributed by atoms with E-state index >= 15 is 0 Å². The van der Waals surface area contributed by atoms with Crippen molar-refractivity contribution in [2.75, 3.05) is 6.54 Å². The predicted molar refractivity (Wildman–Crippen MR) is 58.7 cm³/mol. The van der Waals surface area contributed by atoms with Crippen molar-refractivity contribution in [2.45, 2.75) is 18.9 Å². The smallest absolute Gasteiger partial charge is 0.256 e. The van der Waals surface area contributed by atoms with E-state index < -0.39 is 0 Å². The van der Waals surface area contributed by atoms with Crippen molar-refractivity contribution in [1.82, 2.24) is 9.88 Å². The summed E-state index contributed by atoms with van der Waals surface area (Å²) in [5, 5.41) is 0. The number of ketones is 1. The third-order valence-corrected chi connectivity index (χ3v) is 2.79. The molecule has 0 bridgehead atoms. The van der Waals surface area contributed by atoms with Gasteiger partial charge in [-0.05, 0) is 25.0 Å². The zero-order valence-corrected chi connectivity index (χ0v) is 8.93. The van der Waals surface area contributed by atoms with Crippen molar-refractivity contribution in [3.63, 3.8) is 0 Å². The topological polar surface area (TPSA) is 50.3 Å².